The SMILES string of the molecule is CO[C@H](C)c1nc(CN(C)c2nnc(C(F)(F)F)s2)cs1. The lowest BCUT2D eigenvalue weighted by Crippen LogP contribution is -2.16. The Morgan fingerprint density at radius 3 is 2.67 bits per heavy atom. The first-order valence-corrected chi connectivity index (χ1v) is 7.59. The molecule has 2 aromatic rings. The summed E-state index contributed by atoms with van der Waals surface area (Å²) in [4.78, 5) is 5.97. The van der Waals surface area contributed by atoms with Crippen molar-refractivity contribution in [3.63, 3.8) is 0 Å². The Hall–Kier alpha value is -1.26. The third kappa shape index (κ3) is 3.89. The number of aromatic nitrogens is 3. The number of anilines is 1. The van der Waals surface area contributed by atoms with Gasteiger partial charge in [-0.05, 0) is 6.92 Å². The minimum absolute atomic E-state index is 0.104. The van der Waals surface area contributed by atoms with Crippen molar-refractivity contribution in [2.24, 2.45) is 0 Å². The van der Waals surface area contributed by atoms with Crippen molar-refractivity contribution in [1.29, 1.82) is 0 Å². The Labute approximate surface area is 127 Å². The molecule has 0 saturated heterocycles. The molecule has 0 fully saturated rings. The predicted octanol–water partition coefficient (Wildman–Crippen LogP) is 3.36. The van der Waals surface area contributed by atoms with Gasteiger partial charge in [-0.1, -0.05) is 11.3 Å². The molecule has 0 aliphatic rings. The molecule has 0 radical (unpaired) electrons. The Bertz CT molecular complexity index is 598. The van der Waals surface area contributed by atoms with Crippen molar-refractivity contribution in [3.05, 3.63) is 21.1 Å². The fraction of sp³-hybridized carbons (Fsp3) is 0.545. The van der Waals surface area contributed by atoms with E-state index in [9.17, 15) is 13.2 Å². The average Bonchev–Trinajstić information content (AvgIpc) is 3.05. The molecule has 0 aliphatic heterocycles. The lowest BCUT2D eigenvalue weighted by atomic mass is 10.4. The summed E-state index contributed by atoms with van der Waals surface area (Å²) in [7, 11) is 3.25. The summed E-state index contributed by atoms with van der Waals surface area (Å²) in [6.45, 7) is 2.24. The van der Waals surface area contributed by atoms with E-state index in [1.807, 2.05) is 12.3 Å². The number of alkyl halides is 3. The van der Waals surface area contributed by atoms with Crippen LogP contribution in [0.25, 0.3) is 0 Å². The third-order valence-electron chi connectivity index (χ3n) is 2.65. The first kappa shape index (κ1) is 16.1. The van der Waals surface area contributed by atoms with Crippen LogP contribution in [0.2, 0.25) is 0 Å². The van der Waals surface area contributed by atoms with Gasteiger partial charge in [0.15, 0.2) is 0 Å². The van der Waals surface area contributed by atoms with Gasteiger partial charge in [0.1, 0.15) is 11.1 Å². The van der Waals surface area contributed by atoms with Crippen molar-refractivity contribution in [3.8, 4) is 0 Å². The van der Waals surface area contributed by atoms with Crippen LogP contribution in [0.3, 0.4) is 0 Å². The van der Waals surface area contributed by atoms with E-state index in [4.69, 9.17) is 4.74 Å². The van der Waals surface area contributed by atoms with E-state index in [0.29, 0.717) is 17.9 Å². The molecule has 2 rings (SSSR count). The Morgan fingerprint density at radius 1 is 1.38 bits per heavy atom. The van der Waals surface area contributed by atoms with Crippen molar-refractivity contribution in [2.75, 3.05) is 19.1 Å². The summed E-state index contributed by atoms with van der Waals surface area (Å²) in [5.41, 5.74) is 0.755. The van der Waals surface area contributed by atoms with Gasteiger partial charge < -0.3 is 9.64 Å². The molecule has 0 unspecified atom stereocenters. The fourth-order valence-electron chi connectivity index (χ4n) is 1.48. The first-order valence-electron chi connectivity index (χ1n) is 5.90. The summed E-state index contributed by atoms with van der Waals surface area (Å²) < 4.78 is 42.6. The maximum atomic E-state index is 12.5. The van der Waals surface area contributed by atoms with Gasteiger partial charge in [-0.3, -0.25) is 0 Å². The largest absolute Gasteiger partial charge is 0.445 e. The number of methoxy groups -OCH3 is 1. The zero-order valence-corrected chi connectivity index (χ0v) is 13.1. The molecule has 2 heterocycles. The normalized spacial score (nSPS) is 13.4. The van der Waals surface area contributed by atoms with Crippen LogP contribution in [-0.4, -0.2) is 29.3 Å². The summed E-state index contributed by atoms with van der Waals surface area (Å²) in [6.07, 6.45) is -4.56. The smallest absolute Gasteiger partial charge is 0.375 e. The Kier molecular flexibility index (Phi) is 4.79. The summed E-state index contributed by atoms with van der Waals surface area (Å²) in [5.74, 6) is 0. The van der Waals surface area contributed by atoms with Gasteiger partial charge in [-0.15, -0.1) is 21.5 Å². The van der Waals surface area contributed by atoms with Gasteiger partial charge in [0, 0.05) is 19.5 Å². The van der Waals surface area contributed by atoms with Crippen molar-refractivity contribution in [1.82, 2.24) is 15.2 Å². The number of ether oxygens (including phenoxy) is 1. The molecule has 0 aliphatic carbocycles. The predicted molar refractivity (Wildman–Crippen MR) is 74.6 cm³/mol. The van der Waals surface area contributed by atoms with Crippen LogP contribution >= 0.6 is 22.7 Å². The molecule has 0 spiro atoms. The molecule has 0 bridgehead atoms. The molecule has 0 aromatic carbocycles. The average molecular weight is 338 g/mol. The molecule has 5 nitrogen and oxygen atoms in total. The third-order valence-corrected chi connectivity index (χ3v) is 4.79. The lowest BCUT2D eigenvalue weighted by Gasteiger charge is -2.13. The van der Waals surface area contributed by atoms with Crippen molar-refractivity contribution < 1.29 is 17.9 Å². The van der Waals surface area contributed by atoms with Gasteiger partial charge in [0.2, 0.25) is 10.1 Å². The van der Waals surface area contributed by atoms with Gasteiger partial charge >= 0.3 is 6.18 Å². The van der Waals surface area contributed by atoms with Crippen LogP contribution in [-0.2, 0) is 17.5 Å². The molecular weight excluding hydrogens is 325 g/mol. The maximum absolute atomic E-state index is 12.5. The van der Waals surface area contributed by atoms with E-state index in [2.05, 4.69) is 15.2 Å². The number of hydrogen-bond acceptors (Lipinski definition) is 7. The van der Waals surface area contributed by atoms with E-state index in [1.54, 1.807) is 19.1 Å². The van der Waals surface area contributed by atoms with E-state index in [-0.39, 0.29) is 11.2 Å². The van der Waals surface area contributed by atoms with Crippen LogP contribution in [0, 0.1) is 0 Å². The Morgan fingerprint density at radius 2 is 2.10 bits per heavy atom. The van der Waals surface area contributed by atoms with E-state index in [1.165, 1.54) is 11.3 Å². The van der Waals surface area contributed by atoms with Gasteiger partial charge in [-0.2, -0.15) is 13.2 Å². The minimum Gasteiger partial charge on any atom is -0.375 e. The summed E-state index contributed by atoms with van der Waals surface area (Å²) in [5, 5.41) is 8.66. The number of thiazole rings is 1. The number of hydrogen-bond donors (Lipinski definition) is 0. The second-order valence-corrected chi connectivity index (χ2v) is 6.14. The fourth-order valence-corrected chi connectivity index (χ4v) is 2.99. The van der Waals surface area contributed by atoms with Crippen LogP contribution < -0.4 is 4.90 Å². The Balaban J connectivity index is 2.06. The standard InChI is InChI=1S/C11H13F3N4OS2/c1-6(19-3)8-15-7(5-20-8)4-18(2)10-17-16-9(21-10)11(12,13)14/h5-6H,4H2,1-3H3/t6-/m1/s1. The minimum atomic E-state index is -4.46. The highest BCUT2D eigenvalue weighted by molar-refractivity contribution is 7.15. The molecule has 1 atom stereocenters. The number of halogens is 3. The highest BCUT2D eigenvalue weighted by atomic mass is 32.1. The van der Waals surface area contributed by atoms with Crippen LogP contribution in [0.15, 0.2) is 5.38 Å². The molecule has 21 heavy (non-hydrogen) atoms. The molecule has 116 valence electrons. The highest BCUT2D eigenvalue weighted by Crippen LogP contribution is 2.34. The van der Waals surface area contributed by atoms with Crippen LogP contribution in [0.4, 0.5) is 18.3 Å². The van der Waals surface area contributed by atoms with Crippen LogP contribution in [0.5, 0.6) is 0 Å². The molecular formula is C11H13F3N4OS2. The molecule has 2 aromatic heterocycles. The van der Waals surface area contributed by atoms with Gasteiger partial charge in [-0.25, -0.2) is 4.98 Å². The highest BCUT2D eigenvalue weighted by Gasteiger charge is 2.36. The zero-order valence-electron chi connectivity index (χ0n) is 11.5. The molecule has 0 saturated carbocycles. The van der Waals surface area contributed by atoms with E-state index < -0.39 is 11.2 Å². The summed E-state index contributed by atoms with van der Waals surface area (Å²) in [6, 6.07) is 0. The van der Waals surface area contributed by atoms with Crippen molar-refractivity contribution >= 4 is 27.8 Å². The number of rotatable bonds is 5. The topological polar surface area (TPSA) is 51.1 Å². The zero-order chi connectivity index (χ0) is 15.6. The number of nitrogens with zero attached hydrogens (tertiary/aromatic N) is 4. The summed E-state index contributed by atoms with van der Waals surface area (Å²) >= 11 is 1.97. The van der Waals surface area contributed by atoms with Crippen molar-refractivity contribution in [2.45, 2.75) is 25.7 Å². The second kappa shape index (κ2) is 6.24. The van der Waals surface area contributed by atoms with Gasteiger partial charge in [0.25, 0.3) is 0 Å². The van der Waals surface area contributed by atoms with Crippen LogP contribution in [0.1, 0.15) is 28.7 Å². The molecule has 0 N–H and O–H groups in total. The maximum Gasteiger partial charge on any atom is 0.445 e. The molecule has 0 amide bonds. The monoisotopic (exact) mass is 338 g/mol. The second-order valence-electron chi connectivity index (χ2n) is 4.30. The van der Waals surface area contributed by atoms with Gasteiger partial charge in [0.05, 0.1) is 12.2 Å². The lowest BCUT2D eigenvalue weighted by molar-refractivity contribution is -0.138. The quantitative estimate of drug-likeness (QED) is 0.837. The first-order chi connectivity index (χ1) is 9.81. The van der Waals surface area contributed by atoms with E-state index >= 15 is 0 Å². The molecule has 10 heteroatoms. The van der Waals surface area contributed by atoms with E-state index in [0.717, 1.165) is 10.7 Å².